The van der Waals surface area contributed by atoms with E-state index in [0.717, 1.165) is 0 Å². The van der Waals surface area contributed by atoms with Crippen molar-refractivity contribution in [3.8, 4) is 0 Å². The molecule has 0 aliphatic carbocycles. The Labute approximate surface area is 110 Å². The number of sulfonamides is 1. The molecule has 0 unspecified atom stereocenters. The zero-order valence-electron chi connectivity index (χ0n) is 9.17. The number of aromatic nitrogens is 1. The number of hydrogen-bond acceptors (Lipinski definition) is 4. The van der Waals surface area contributed by atoms with Gasteiger partial charge in [-0.15, -0.1) is 0 Å². The first-order valence-electron chi connectivity index (χ1n) is 4.97. The van der Waals surface area contributed by atoms with E-state index < -0.39 is 10.0 Å². The highest BCUT2D eigenvalue weighted by Gasteiger charge is 2.14. The summed E-state index contributed by atoms with van der Waals surface area (Å²) in [6.45, 7) is 0. The van der Waals surface area contributed by atoms with Crippen LogP contribution in [0.25, 0.3) is 0 Å². The fourth-order valence-corrected chi connectivity index (χ4v) is 2.46. The molecule has 0 radical (unpaired) electrons. The second-order valence-electron chi connectivity index (χ2n) is 3.53. The van der Waals surface area contributed by atoms with Crippen molar-refractivity contribution in [1.82, 2.24) is 4.98 Å². The van der Waals surface area contributed by atoms with Gasteiger partial charge in [0.05, 0.1) is 4.90 Å². The van der Waals surface area contributed by atoms with Gasteiger partial charge in [-0.25, -0.2) is 13.4 Å². The standard InChI is InChI=1S/C11H10ClN3O2S/c12-8-5-6-14-11(7-8)15-18(16,17)10-3-1-9(13)2-4-10/h1-7H,13H2,(H,14,15). The molecule has 1 heterocycles. The molecule has 0 amide bonds. The van der Waals surface area contributed by atoms with E-state index in [4.69, 9.17) is 17.3 Å². The summed E-state index contributed by atoms with van der Waals surface area (Å²) in [5, 5.41) is 0.403. The summed E-state index contributed by atoms with van der Waals surface area (Å²) in [6.07, 6.45) is 1.42. The predicted molar refractivity (Wildman–Crippen MR) is 70.9 cm³/mol. The highest BCUT2D eigenvalue weighted by Crippen LogP contribution is 2.17. The highest BCUT2D eigenvalue weighted by molar-refractivity contribution is 7.92. The average Bonchev–Trinajstić information content (AvgIpc) is 2.29. The number of anilines is 2. The molecule has 0 fully saturated rings. The molecule has 5 nitrogen and oxygen atoms in total. The van der Waals surface area contributed by atoms with Crippen LogP contribution in [-0.4, -0.2) is 13.4 Å². The minimum Gasteiger partial charge on any atom is -0.399 e. The molecule has 0 bridgehead atoms. The van der Waals surface area contributed by atoms with E-state index in [9.17, 15) is 8.42 Å². The van der Waals surface area contributed by atoms with Gasteiger partial charge in [-0.3, -0.25) is 4.72 Å². The van der Waals surface area contributed by atoms with Crippen molar-refractivity contribution < 1.29 is 8.42 Å². The number of rotatable bonds is 3. The van der Waals surface area contributed by atoms with Crippen molar-refractivity contribution in [1.29, 1.82) is 0 Å². The van der Waals surface area contributed by atoms with E-state index >= 15 is 0 Å². The first kappa shape index (κ1) is 12.7. The van der Waals surface area contributed by atoms with E-state index in [2.05, 4.69) is 9.71 Å². The first-order chi connectivity index (χ1) is 8.47. The Morgan fingerprint density at radius 2 is 1.83 bits per heavy atom. The molecule has 0 saturated heterocycles. The summed E-state index contributed by atoms with van der Waals surface area (Å²) in [6, 6.07) is 8.85. The Morgan fingerprint density at radius 1 is 1.17 bits per heavy atom. The second kappa shape index (κ2) is 4.83. The molecule has 0 spiro atoms. The van der Waals surface area contributed by atoms with E-state index in [1.807, 2.05) is 0 Å². The Bertz CT molecular complexity index is 656. The number of hydrogen-bond donors (Lipinski definition) is 2. The third-order valence-electron chi connectivity index (χ3n) is 2.15. The number of nitrogens with two attached hydrogens (primary N) is 1. The van der Waals surface area contributed by atoms with Crippen LogP contribution in [0.2, 0.25) is 5.02 Å². The molecule has 1 aromatic heterocycles. The molecule has 7 heteroatoms. The summed E-state index contributed by atoms with van der Waals surface area (Å²) in [5.41, 5.74) is 5.99. The molecule has 0 atom stereocenters. The smallest absolute Gasteiger partial charge is 0.263 e. The lowest BCUT2D eigenvalue weighted by Crippen LogP contribution is -2.13. The summed E-state index contributed by atoms with van der Waals surface area (Å²) in [7, 11) is -3.67. The number of nitrogens with zero attached hydrogens (tertiary/aromatic N) is 1. The van der Waals surface area contributed by atoms with Crippen molar-refractivity contribution in [2.75, 3.05) is 10.5 Å². The van der Waals surface area contributed by atoms with E-state index in [1.165, 1.54) is 36.5 Å². The van der Waals surface area contributed by atoms with Gasteiger partial charge in [-0.2, -0.15) is 0 Å². The van der Waals surface area contributed by atoms with Crippen LogP contribution in [0.15, 0.2) is 47.5 Å². The fraction of sp³-hybridized carbons (Fsp3) is 0. The maximum atomic E-state index is 12.0. The third kappa shape index (κ3) is 2.91. The molecule has 0 saturated carbocycles. The van der Waals surface area contributed by atoms with Gasteiger partial charge in [0.15, 0.2) is 0 Å². The Kier molecular flexibility index (Phi) is 3.40. The highest BCUT2D eigenvalue weighted by atomic mass is 35.5. The maximum Gasteiger partial charge on any atom is 0.263 e. The van der Waals surface area contributed by atoms with E-state index in [1.54, 1.807) is 6.07 Å². The molecule has 3 N–H and O–H groups in total. The van der Waals surface area contributed by atoms with Crippen molar-refractivity contribution in [2.45, 2.75) is 4.90 Å². The lowest BCUT2D eigenvalue weighted by Gasteiger charge is -2.07. The minimum atomic E-state index is -3.67. The van der Waals surface area contributed by atoms with Gasteiger partial charge in [0.2, 0.25) is 0 Å². The number of benzene rings is 1. The van der Waals surface area contributed by atoms with Gasteiger partial charge in [-0.1, -0.05) is 11.6 Å². The Morgan fingerprint density at radius 3 is 2.44 bits per heavy atom. The molecule has 2 aromatic rings. The minimum absolute atomic E-state index is 0.110. The molecular weight excluding hydrogens is 274 g/mol. The molecule has 0 aliphatic heterocycles. The lowest BCUT2D eigenvalue weighted by molar-refractivity contribution is 0.601. The number of nitrogens with one attached hydrogen (secondary N) is 1. The lowest BCUT2D eigenvalue weighted by atomic mass is 10.3. The molecule has 2 rings (SSSR count). The van der Waals surface area contributed by atoms with Crippen LogP contribution in [0.5, 0.6) is 0 Å². The van der Waals surface area contributed by atoms with Crippen molar-refractivity contribution in [2.24, 2.45) is 0 Å². The zero-order valence-corrected chi connectivity index (χ0v) is 10.7. The Hall–Kier alpha value is -1.79. The number of halogens is 1. The van der Waals surface area contributed by atoms with Crippen LogP contribution in [0.1, 0.15) is 0 Å². The quantitative estimate of drug-likeness (QED) is 0.845. The zero-order chi connectivity index (χ0) is 13.2. The normalized spacial score (nSPS) is 11.2. The summed E-state index contributed by atoms with van der Waals surface area (Å²) in [4.78, 5) is 3.98. The van der Waals surface area contributed by atoms with Gasteiger partial charge in [0, 0.05) is 23.0 Å². The van der Waals surface area contributed by atoms with Crippen LogP contribution in [0.3, 0.4) is 0 Å². The van der Waals surface area contributed by atoms with Crippen LogP contribution in [-0.2, 0) is 10.0 Å². The van der Waals surface area contributed by atoms with Crippen molar-refractivity contribution in [3.05, 3.63) is 47.6 Å². The number of pyridine rings is 1. The molecule has 94 valence electrons. The maximum absolute atomic E-state index is 12.0. The fourth-order valence-electron chi connectivity index (χ4n) is 1.30. The van der Waals surface area contributed by atoms with E-state index in [-0.39, 0.29) is 10.7 Å². The number of nitrogen functional groups attached to an aromatic ring is 1. The predicted octanol–water partition coefficient (Wildman–Crippen LogP) is 2.12. The first-order valence-corrected chi connectivity index (χ1v) is 6.83. The molecular formula is C11H10ClN3O2S. The van der Waals surface area contributed by atoms with Crippen LogP contribution in [0.4, 0.5) is 11.5 Å². The van der Waals surface area contributed by atoms with Gasteiger partial charge in [-0.05, 0) is 30.3 Å². The van der Waals surface area contributed by atoms with Gasteiger partial charge >= 0.3 is 0 Å². The largest absolute Gasteiger partial charge is 0.399 e. The van der Waals surface area contributed by atoms with Crippen molar-refractivity contribution in [3.63, 3.8) is 0 Å². The molecule has 18 heavy (non-hydrogen) atoms. The molecule has 1 aromatic carbocycles. The van der Waals surface area contributed by atoms with Gasteiger partial charge in [0.1, 0.15) is 5.82 Å². The van der Waals surface area contributed by atoms with E-state index in [0.29, 0.717) is 10.7 Å². The second-order valence-corrected chi connectivity index (χ2v) is 5.65. The van der Waals surface area contributed by atoms with Crippen LogP contribution in [0, 0.1) is 0 Å². The molecule has 0 aliphatic rings. The van der Waals surface area contributed by atoms with Gasteiger partial charge < -0.3 is 5.73 Å². The van der Waals surface area contributed by atoms with Crippen LogP contribution < -0.4 is 10.5 Å². The summed E-state index contributed by atoms with van der Waals surface area (Å²) < 4.78 is 26.3. The SMILES string of the molecule is Nc1ccc(S(=O)(=O)Nc2cc(Cl)ccn2)cc1. The summed E-state index contributed by atoms with van der Waals surface area (Å²) >= 11 is 5.75. The van der Waals surface area contributed by atoms with Gasteiger partial charge in [0.25, 0.3) is 10.0 Å². The van der Waals surface area contributed by atoms with Crippen LogP contribution >= 0.6 is 11.6 Å². The topological polar surface area (TPSA) is 85.1 Å². The van der Waals surface area contributed by atoms with Crippen molar-refractivity contribution >= 4 is 33.1 Å². The monoisotopic (exact) mass is 283 g/mol. The third-order valence-corrected chi connectivity index (χ3v) is 3.76. The average molecular weight is 284 g/mol. The summed E-state index contributed by atoms with van der Waals surface area (Å²) in [5.74, 6) is 0.166. The Balaban J connectivity index is 2.30.